The summed E-state index contributed by atoms with van der Waals surface area (Å²) in [4.78, 5) is 12.0. The van der Waals surface area contributed by atoms with E-state index >= 15 is 0 Å². The maximum absolute atomic E-state index is 12.0. The minimum atomic E-state index is -0.0327. The first-order valence-electron chi connectivity index (χ1n) is 5.83. The van der Waals surface area contributed by atoms with Crippen LogP contribution in [0.4, 0.5) is 0 Å². The lowest BCUT2D eigenvalue weighted by Crippen LogP contribution is -2.25. The van der Waals surface area contributed by atoms with Crippen LogP contribution in [0.25, 0.3) is 0 Å². The molecule has 0 saturated heterocycles. The highest BCUT2D eigenvalue weighted by Gasteiger charge is 2.10. The van der Waals surface area contributed by atoms with Gasteiger partial charge in [0, 0.05) is 20.8 Å². The second-order valence-corrected chi connectivity index (χ2v) is 6.70. The molecule has 0 aromatic heterocycles. The van der Waals surface area contributed by atoms with Crippen molar-refractivity contribution >= 4 is 53.7 Å². The summed E-state index contributed by atoms with van der Waals surface area (Å²) in [5.41, 5.74) is 0.665. The van der Waals surface area contributed by atoms with Gasteiger partial charge >= 0.3 is 0 Å². The van der Waals surface area contributed by atoms with Crippen LogP contribution in [-0.2, 0) is 0 Å². The molecule has 1 rings (SSSR count). The van der Waals surface area contributed by atoms with Crippen LogP contribution in [0, 0.1) is 5.92 Å². The molecule has 0 aliphatic heterocycles. The van der Waals surface area contributed by atoms with Gasteiger partial charge in [-0.1, -0.05) is 38.8 Å². The number of amides is 1. The third-order valence-electron chi connectivity index (χ3n) is 2.60. The van der Waals surface area contributed by atoms with Crippen molar-refractivity contribution in [3.05, 3.63) is 32.7 Å². The standard InChI is InChI=1S/C13H16Br3NO/c1-9(8-14)3-2-6-17-13(18)11-7-10(15)4-5-12(11)16/h4-5,7,9H,2-3,6,8H2,1H3,(H,17,18). The summed E-state index contributed by atoms with van der Waals surface area (Å²) in [6, 6.07) is 5.59. The number of halogens is 3. The molecule has 0 heterocycles. The molecule has 0 saturated carbocycles. The van der Waals surface area contributed by atoms with Gasteiger partial charge in [-0.05, 0) is 52.9 Å². The minimum absolute atomic E-state index is 0.0327. The van der Waals surface area contributed by atoms with E-state index in [1.807, 2.05) is 18.2 Å². The number of hydrogen-bond donors (Lipinski definition) is 1. The van der Waals surface area contributed by atoms with Gasteiger partial charge < -0.3 is 5.32 Å². The van der Waals surface area contributed by atoms with E-state index in [1.54, 1.807) is 0 Å². The molecule has 1 unspecified atom stereocenters. The van der Waals surface area contributed by atoms with E-state index in [4.69, 9.17) is 0 Å². The van der Waals surface area contributed by atoms with Crippen molar-refractivity contribution in [3.63, 3.8) is 0 Å². The molecule has 5 heteroatoms. The van der Waals surface area contributed by atoms with Gasteiger partial charge in [-0.3, -0.25) is 4.79 Å². The van der Waals surface area contributed by atoms with Crippen LogP contribution >= 0.6 is 47.8 Å². The highest BCUT2D eigenvalue weighted by atomic mass is 79.9. The van der Waals surface area contributed by atoms with Gasteiger partial charge in [-0.25, -0.2) is 0 Å². The van der Waals surface area contributed by atoms with E-state index in [1.165, 1.54) is 0 Å². The monoisotopic (exact) mass is 439 g/mol. The normalized spacial score (nSPS) is 12.2. The quantitative estimate of drug-likeness (QED) is 0.500. The lowest BCUT2D eigenvalue weighted by Gasteiger charge is -2.09. The van der Waals surface area contributed by atoms with Gasteiger partial charge in [0.25, 0.3) is 5.91 Å². The molecule has 0 aliphatic rings. The van der Waals surface area contributed by atoms with Crippen LogP contribution < -0.4 is 5.32 Å². The fourth-order valence-electron chi connectivity index (χ4n) is 1.50. The maximum Gasteiger partial charge on any atom is 0.252 e. The lowest BCUT2D eigenvalue weighted by atomic mass is 10.1. The molecular weight excluding hydrogens is 426 g/mol. The predicted octanol–water partition coefficient (Wildman–Crippen LogP) is 4.75. The van der Waals surface area contributed by atoms with E-state index in [-0.39, 0.29) is 5.91 Å². The summed E-state index contributed by atoms with van der Waals surface area (Å²) in [7, 11) is 0. The molecule has 100 valence electrons. The molecule has 0 bridgehead atoms. The zero-order valence-corrected chi connectivity index (χ0v) is 14.9. The molecule has 1 N–H and O–H groups in total. The maximum atomic E-state index is 12.0. The smallest absolute Gasteiger partial charge is 0.252 e. The summed E-state index contributed by atoms with van der Waals surface area (Å²) >= 11 is 10.2. The van der Waals surface area contributed by atoms with Gasteiger partial charge in [0.2, 0.25) is 0 Å². The van der Waals surface area contributed by atoms with Crippen molar-refractivity contribution in [3.8, 4) is 0 Å². The summed E-state index contributed by atoms with van der Waals surface area (Å²) < 4.78 is 1.72. The molecule has 0 radical (unpaired) electrons. The fourth-order valence-corrected chi connectivity index (χ4v) is 2.61. The minimum Gasteiger partial charge on any atom is -0.352 e. The van der Waals surface area contributed by atoms with E-state index in [0.717, 1.165) is 33.7 Å². The summed E-state index contributed by atoms with van der Waals surface area (Å²) in [5.74, 6) is 0.620. The van der Waals surface area contributed by atoms with E-state index < -0.39 is 0 Å². The Morgan fingerprint density at radius 1 is 1.39 bits per heavy atom. The molecule has 1 atom stereocenters. The molecule has 0 aliphatic carbocycles. The molecule has 0 spiro atoms. The Morgan fingerprint density at radius 2 is 2.11 bits per heavy atom. The first-order valence-corrected chi connectivity index (χ1v) is 8.54. The van der Waals surface area contributed by atoms with Crippen molar-refractivity contribution in [1.82, 2.24) is 5.32 Å². The average Bonchev–Trinajstić information content (AvgIpc) is 2.36. The Labute approximate surface area is 133 Å². The summed E-state index contributed by atoms with van der Waals surface area (Å²) in [6.07, 6.45) is 2.12. The van der Waals surface area contributed by atoms with Crippen LogP contribution in [0.5, 0.6) is 0 Å². The fraction of sp³-hybridized carbons (Fsp3) is 0.462. The number of rotatable bonds is 6. The molecule has 0 fully saturated rings. The van der Waals surface area contributed by atoms with Crippen molar-refractivity contribution in [2.75, 3.05) is 11.9 Å². The zero-order valence-electron chi connectivity index (χ0n) is 10.2. The topological polar surface area (TPSA) is 29.1 Å². The average molecular weight is 442 g/mol. The highest BCUT2D eigenvalue weighted by molar-refractivity contribution is 9.11. The first-order chi connectivity index (χ1) is 8.54. The summed E-state index contributed by atoms with van der Waals surface area (Å²) in [5, 5.41) is 3.95. The number of alkyl halides is 1. The SMILES string of the molecule is CC(CBr)CCCNC(=O)c1cc(Br)ccc1Br. The van der Waals surface area contributed by atoms with E-state index in [2.05, 4.69) is 60.0 Å². The van der Waals surface area contributed by atoms with Crippen molar-refractivity contribution in [1.29, 1.82) is 0 Å². The Bertz CT molecular complexity index is 409. The number of hydrogen-bond acceptors (Lipinski definition) is 1. The van der Waals surface area contributed by atoms with Crippen LogP contribution in [0.15, 0.2) is 27.1 Å². The van der Waals surface area contributed by atoms with Crippen LogP contribution in [0.3, 0.4) is 0 Å². The van der Waals surface area contributed by atoms with Crippen molar-refractivity contribution in [2.45, 2.75) is 19.8 Å². The molecule has 1 aromatic carbocycles. The Balaban J connectivity index is 2.43. The zero-order chi connectivity index (χ0) is 13.5. The molecule has 18 heavy (non-hydrogen) atoms. The van der Waals surface area contributed by atoms with Crippen LogP contribution in [-0.4, -0.2) is 17.8 Å². The molecular formula is C13H16Br3NO. The summed E-state index contributed by atoms with van der Waals surface area (Å²) in [6.45, 7) is 2.91. The van der Waals surface area contributed by atoms with Gasteiger partial charge in [0.15, 0.2) is 0 Å². The number of benzene rings is 1. The Hall–Kier alpha value is 0.130. The van der Waals surface area contributed by atoms with Gasteiger partial charge in [0.1, 0.15) is 0 Å². The van der Waals surface area contributed by atoms with E-state index in [9.17, 15) is 4.79 Å². The molecule has 1 amide bonds. The highest BCUT2D eigenvalue weighted by Crippen LogP contribution is 2.21. The first kappa shape index (κ1) is 16.2. The van der Waals surface area contributed by atoms with Gasteiger partial charge in [0.05, 0.1) is 5.56 Å². The Morgan fingerprint density at radius 3 is 2.78 bits per heavy atom. The van der Waals surface area contributed by atoms with Crippen molar-refractivity contribution < 1.29 is 4.79 Å². The number of nitrogens with one attached hydrogen (secondary N) is 1. The van der Waals surface area contributed by atoms with Crippen LogP contribution in [0.1, 0.15) is 30.1 Å². The second kappa shape index (κ2) is 8.33. The third kappa shape index (κ3) is 5.41. The predicted molar refractivity (Wildman–Crippen MR) is 86.4 cm³/mol. The van der Waals surface area contributed by atoms with Crippen LogP contribution in [0.2, 0.25) is 0 Å². The Kier molecular flexibility index (Phi) is 7.49. The third-order valence-corrected chi connectivity index (χ3v) is 4.89. The second-order valence-electron chi connectivity index (χ2n) is 4.28. The molecule has 1 aromatic rings. The number of carbonyl (C=O) groups excluding carboxylic acids is 1. The number of carbonyl (C=O) groups is 1. The lowest BCUT2D eigenvalue weighted by molar-refractivity contribution is 0.0951. The largest absolute Gasteiger partial charge is 0.352 e. The van der Waals surface area contributed by atoms with E-state index in [0.29, 0.717) is 11.5 Å². The van der Waals surface area contributed by atoms with Gasteiger partial charge in [-0.15, -0.1) is 0 Å². The van der Waals surface area contributed by atoms with Gasteiger partial charge in [-0.2, -0.15) is 0 Å². The van der Waals surface area contributed by atoms with Crippen molar-refractivity contribution in [2.24, 2.45) is 5.92 Å². The molecule has 2 nitrogen and oxygen atoms in total.